The molecule has 1 aromatic rings. The standard InChI is InChI=1S/C17H24BF2NO2/c1-16(2)17(3,4)23-18(22-16)14(11-21-5)10-12-6-8-13(9-7-12)15(19)20/h6-10,15,21H,11H2,1-5H3. The van der Waals surface area contributed by atoms with Crippen LogP contribution in [0.3, 0.4) is 0 Å². The normalized spacial score (nSPS) is 20.3. The average Bonchev–Trinajstić information content (AvgIpc) is 2.67. The van der Waals surface area contributed by atoms with Crippen molar-refractivity contribution in [1.82, 2.24) is 5.32 Å². The number of rotatable bonds is 5. The average molecular weight is 323 g/mol. The summed E-state index contributed by atoms with van der Waals surface area (Å²) in [4.78, 5) is 0. The molecule has 1 aliphatic rings. The molecule has 1 saturated heterocycles. The maximum Gasteiger partial charge on any atom is 0.491 e. The molecule has 0 atom stereocenters. The van der Waals surface area contributed by atoms with Crippen molar-refractivity contribution in [2.24, 2.45) is 0 Å². The zero-order valence-electron chi connectivity index (χ0n) is 14.3. The summed E-state index contributed by atoms with van der Waals surface area (Å²) in [5, 5.41) is 3.10. The van der Waals surface area contributed by atoms with E-state index in [1.54, 1.807) is 12.1 Å². The molecular formula is C17H24BF2NO2. The Morgan fingerprint density at radius 1 is 1.13 bits per heavy atom. The van der Waals surface area contributed by atoms with Crippen LogP contribution in [0, 0.1) is 0 Å². The first-order valence-corrected chi connectivity index (χ1v) is 7.75. The second kappa shape index (κ2) is 6.71. The molecule has 0 aromatic heterocycles. The van der Waals surface area contributed by atoms with E-state index in [1.807, 2.05) is 40.8 Å². The van der Waals surface area contributed by atoms with E-state index in [1.165, 1.54) is 12.1 Å². The molecule has 6 heteroatoms. The van der Waals surface area contributed by atoms with Crippen LogP contribution in [0.5, 0.6) is 0 Å². The summed E-state index contributed by atoms with van der Waals surface area (Å²) in [7, 11) is 1.39. The Hall–Kier alpha value is -1.24. The maximum atomic E-state index is 12.6. The third-order valence-corrected chi connectivity index (χ3v) is 4.48. The van der Waals surface area contributed by atoms with E-state index in [9.17, 15) is 8.78 Å². The van der Waals surface area contributed by atoms with Crippen molar-refractivity contribution in [1.29, 1.82) is 0 Å². The number of alkyl halides is 2. The van der Waals surface area contributed by atoms with E-state index in [4.69, 9.17) is 9.31 Å². The molecule has 1 aliphatic heterocycles. The monoisotopic (exact) mass is 323 g/mol. The lowest BCUT2D eigenvalue weighted by molar-refractivity contribution is 0.00578. The van der Waals surface area contributed by atoms with E-state index >= 15 is 0 Å². The molecule has 0 amide bonds. The van der Waals surface area contributed by atoms with Crippen molar-refractivity contribution in [3.8, 4) is 0 Å². The van der Waals surface area contributed by atoms with Gasteiger partial charge < -0.3 is 14.6 Å². The highest BCUT2D eigenvalue weighted by molar-refractivity contribution is 6.55. The first-order chi connectivity index (χ1) is 10.7. The van der Waals surface area contributed by atoms with Crippen LogP contribution in [0.2, 0.25) is 0 Å². The number of likely N-dealkylation sites (N-methyl/N-ethyl adjacent to an activating group) is 1. The minimum atomic E-state index is -2.45. The lowest BCUT2D eigenvalue weighted by Gasteiger charge is -2.32. The van der Waals surface area contributed by atoms with Crippen LogP contribution in [-0.4, -0.2) is 31.9 Å². The number of hydrogen-bond donors (Lipinski definition) is 1. The summed E-state index contributed by atoms with van der Waals surface area (Å²) in [5.74, 6) is 0. The SMILES string of the molecule is CNCC(=Cc1ccc(C(F)F)cc1)B1OC(C)(C)C(C)(C)O1. The zero-order valence-corrected chi connectivity index (χ0v) is 14.3. The molecule has 2 rings (SSSR count). The maximum absolute atomic E-state index is 12.6. The van der Waals surface area contributed by atoms with Gasteiger partial charge in [0.1, 0.15) is 0 Å². The largest absolute Gasteiger partial charge is 0.491 e. The van der Waals surface area contributed by atoms with E-state index in [-0.39, 0.29) is 5.56 Å². The highest BCUT2D eigenvalue weighted by atomic mass is 19.3. The van der Waals surface area contributed by atoms with Gasteiger partial charge in [-0.15, -0.1) is 0 Å². The number of benzene rings is 1. The van der Waals surface area contributed by atoms with Crippen LogP contribution in [0.15, 0.2) is 29.7 Å². The molecule has 0 radical (unpaired) electrons. The predicted molar refractivity (Wildman–Crippen MR) is 89.4 cm³/mol. The quantitative estimate of drug-likeness (QED) is 0.835. The van der Waals surface area contributed by atoms with Gasteiger partial charge in [-0.2, -0.15) is 0 Å². The molecule has 1 aromatic carbocycles. The third-order valence-electron chi connectivity index (χ3n) is 4.48. The van der Waals surface area contributed by atoms with Crippen LogP contribution >= 0.6 is 0 Å². The smallest absolute Gasteiger partial charge is 0.400 e. The molecule has 126 valence electrons. The van der Waals surface area contributed by atoms with Crippen molar-refractivity contribution < 1.29 is 18.1 Å². The zero-order chi connectivity index (χ0) is 17.3. The van der Waals surface area contributed by atoms with Gasteiger partial charge in [-0.1, -0.05) is 30.3 Å². The van der Waals surface area contributed by atoms with E-state index in [0.29, 0.717) is 6.54 Å². The molecule has 0 bridgehead atoms. The Labute approximate surface area is 137 Å². The molecule has 23 heavy (non-hydrogen) atoms. The summed E-state index contributed by atoms with van der Waals surface area (Å²) in [5.41, 5.74) is 0.965. The Balaban J connectivity index is 2.25. The fraction of sp³-hybridized carbons (Fsp3) is 0.529. The van der Waals surface area contributed by atoms with Gasteiger partial charge in [-0.05, 0) is 45.8 Å². The number of hydrogen-bond acceptors (Lipinski definition) is 3. The summed E-state index contributed by atoms with van der Waals surface area (Å²) in [6.07, 6.45) is -0.527. The lowest BCUT2D eigenvalue weighted by atomic mass is 9.77. The van der Waals surface area contributed by atoms with Gasteiger partial charge in [0, 0.05) is 12.1 Å². The predicted octanol–water partition coefficient (Wildman–Crippen LogP) is 3.86. The molecule has 1 N–H and O–H groups in total. The van der Waals surface area contributed by atoms with E-state index < -0.39 is 24.7 Å². The highest BCUT2D eigenvalue weighted by Crippen LogP contribution is 2.38. The van der Waals surface area contributed by atoms with Gasteiger partial charge in [0.25, 0.3) is 6.43 Å². The Morgan fingerprint density at radius 2 is 1.65 bits per heavy atom. The fourth-order valence-corrected chi connectivity index (χ4v) is 2.35. The van der Waals surface area contributed by atoms with Crippen LogP contribution in [0.4, 0.5) is 8.78 Å². The van der Waals surface area contributed by atoms with Crippen molar-refractivity contribution in [3.63, 3.8) is 0 Å². The summed E-state index contributed by atoms with van der Waals surface area (Å²) in [6.45, 7) is 8.60. The summed E-state index contributed by atoms with van der Waals surface area (Å²) < 4.78 is 37.4. The third kappa shape index (κ3) is 4.00. The van der Waals surface area contributed by atoms with E-state index in [0.717, 1.165) is 11.0 Å². The van der Waals surface area contributed by atoms with Crippen LogP contribution < -0.4 is 5.32 Å². The molecule has 0 aliphatic carbocycles. The van der Waals surface area contributed by atoms with Gasteiger partial charge in [0.05, 0.1) is 11.2 Å². The lowest BCUT2D eigenvalue weighted by Crippen LogP contribution is -2.41. The molecule has 1 heterocycles. The molecular weight excluding hydrogens is 299 g/mol. The minimum absolute atomic E-state index is 0.0212. The van der Waals surface area contributed by atoms with Gasteiger partial charge in [0.2, 0.25) is 0 Å². The molecule has 0 unspecified atom stereocenters. The minimum Gasteiger partial charge on any atom is -0.400 e. The highest BCUT2D eigenvalue weighted by Gasteiger charge is 2.52. The Kier molecular flexibility index (Phi) is 5.28. The number of halogens is 2. The summed E-state index contributed by atoms with van der Waals surface area (Å²) >= 11 is 0. The Bertz CT molecular complexity index is 554. The van der Waals surface area contributed by atoms with Crippen molar-refractivity contribution in [2.75, 3.05) is 13.6 Å². The first-order valence-electron chi connectivity index (χ1n) is 7.75. The van der Waals surface area contributed by atoms with Crippen LogP contribution in [0.25, 0.3) is 6.08 Å². The number of nitrogens with one attached hydrogen (secondary N) is 1. The fourth-order valence-electron chi connectivity index (χ4n) is 2.35. The Morgan fingerprint density at radius 3 is 2.09 bits per heavy atom. The van der Waals surface area contributed by atoms with Crippen molar-refractivity contribution >= 4 is 13.2 Å². The van der Waals surface area contributed by atoms with Crippen LogP contribution in [0.1, 0.15) is 45.2 Å². The molecule has 0 saturated carbocycles. The topological polar surface area (TPSA) is 30.5 Å². The molecule has 1 fully saturated rings. The van der Waals surface area contributed by atoms with Gasteiger partial charge >= 0.3 is 7.12 Å². The van der Waals surface area contributed by atoms with E-state index in [2.05, 4.69) is 5.32 Å². The second-order valence-corrected chi connectivity index (χ2v) is 6.81. The van der Waals surface area contributed by atoms with Gasteiger partial charge in [0.15, 0.2) is 0 Å². The second-order valence-electron chi connectivity index (χ2n) is 6.81. The van der Waals surface area contributed by atoms with Crippen molar-refractivity contribution in [3.05, 3.63) is 40.9 Å². The van der Waals surface area contributed by atoms with Gasteiger partial charge in [-0.3, -0.25) is 0 Å². The van der Waals surface area contributed by atoms with Crippen LogP contribution in [-0.2, 0) is 9.31 Å². The molecule has 0 spiro atoms. The summed E-state index contributed by atoms with van der Waals surface area (Å²) in [6, 6.07) is 6.25. The first kappa shape index (κ1) is 18.1. The van der Waals surface area contributed by atoms with Gasteiger partial charge in [-0.25, -0.2) is 8.78 Å². The van der Waals surface area contributed by atoms with Crippen molar-refractivity contribution in [2.45, 2.75) is 45.3 Å². The molecule has 3 nitrogen and oxygen atoms in total.